The van der Waals surface area contributed by atoms with Crippen molar-refractivity contribution in [3.63, 3.8) is 0 Å². The van der Waals surface area contributed by atoms with E-state index in [1.165, 1.54) is 22.0 Å². The molecule has 0 radical (unpaired) electrons. The van der Waals surface area contributed by atoms with Crippen LogP contribution in [0.4, 0.5) is 0 Å². The van der Waals surface area contributed by atoms with Gasteiger partial charge in [0, 0.05) is 29.1 Å². The highest BCUT2D eigenvalue weighted by atomic mass is 16.5. The predicted octanol–water partition coefficient (Wildman–Crippen LogP) is 2.10. The number of fused-ring (bicyclic) bond motifs is 2. The summed E-state index contributed by atoms with van der Waals surface area (Å²) in [6.45, 7) is 1.62. The number of H-pyrrole nitrogens is 1. The number of likely N-dealkylation sites (N-methyl/N-ethyl adjacent to an activating group) is 1. The highest BCUT2D eigenvalue weighted by Crippen LogP contribution is 2.40. The summed E-state index contributed by atoms with van der Waals surface area (Å²) in [6.07, 6.45) is 3.31. The van der Waals surface area contributed by atoms with Gasteiger partial charge in [0.1, 0.15) is 0 Å². The van der Waals surface area contributed by atoms with E-state index in [-0.39, 0.29) is 0 Å². The van der Waals surface area contributed by atoms with Gasteiger partial charge in [0.25, 0.3) is 0 Å². The largest absolute Gasteiger partial charge is 0.365 e. The first kappa shape index (κ1) is 9.68. The number of aromatic amines is 1. The van der Waals surface area contributed by atoms with Gasteiger partial charge in [-0.05, 0) is 30.7 Å². The van der Waals surface area contributed by atoms with E-state index < -0.39 is 0 Å². The van der Waals surface area contributed by atoms with E-state index in [9.17, 15) is 0 Å². The number of hydrogen-bond acceptors (Lipinski definition) is 2. The summed E-state index contributed by atoms with van der Waals surface area (Å²) in [7, 11) is 2.16. The Kier molecular flexibility index (Phi) is 1.90. The lowest BCUT2D eigenvalue weighted by molar-refractivity contribution is -0.0480. The molecule has 1 N–H and O–H groups in total. The van der Waals surface area contributed by atoms with Gasteiger partial charge in [-0.25, -0.2) is 0 Å². The molecule has 2 aromatic rings. The minimum absolute atomic E-state index is 0.528. The molecular formula is C14H16N2O. The first-order valence-electron chi connectivity index (χ1n) is 6.21. The van der Waals surface area contributed by atoms with Crippen LogP contribution in [0.3, 0.4) is 0 Å². The van der Waals surface area contributed by atoms with Crippen molar-refractivity contribution in [1.82, 2.24) is 9.88 Å². The molecule has 88 valence electrons. The van der Waals surface area contributed by atoms with E-state index in [0.29, 0.717) is 12.0 Å². The molecule has 1 fully saturated rings. The highest BCUT2D eigenvalue weighted by Gasteiger charge is 2.36. The summed E-state index contributed by atoms with van der Waals surface area (Å²) < 4.78 is 5.69. The maximum atomic E-state index is 5.69. The summed E-state index contributed by atoms with van der Waals surface area (Å²) in [5, 5.41) is 1.44. The van der Waals surface area contributed by atoms with Crippen LogP contribution in [0.15, 0.2) is 24.4 Å². The van der Waals surface area contributed by atoms with Gasteiger partial charge in [-0.1, -0.05) is 12.1 Å². The third-order valence-electron chi connectivity index (χ3n) is 4.27. The molecule has 2 heterocycles. The third-order valence-corrected chi connectivity index (χ3v) is 4.27. The normalized spacial score (nSPS) is 28.3. The van der Waals surface area contributed by atoms with Crippen molar-refractivity contribution in [2.75, 3.05) is 20.4 Å². The standard InChI is InChI=1S/C14H16N2O/c1-16-8-17-7-11-10-3-2-4-12-14(10)9(6-15-12)5-13(11)16/h2-4,6,11,13,15H,5,7-8H2,1H3. The quantitative estimate of drug-likeness (QED) is 0.748. The molecule has 3 heteroatoms. The van der Waals surface area contributed by atoms with E-state index in [1.54, 1.807) is 0 Å². The fourth-order valence-electron chi connectivity index (χ4n) is 3.41. The van der Waals surface area contributed by atoms with Gasteiger partial charge in [0.2, 0.25) is 0 Å². The summed E-state index contributed by atoms with van der Waals surface area (Å²) in [5.41, 5.74) is 4.19. The van der Waals surface area contributed by atoms with Crippen molar-refractivity contribution >= 4 is 10.9 Å². The zero-order valence-electron chi connectivity index (χ0n) is 9.94. The van der Waals surface area contributed by atoms with Crippen LogP contribution >= 0.6 is 0 Å². The SMILES string of the molecule is CN1COCC2c3cccc4[nH]cc(c34)CC21. The maximum absolute atomic E-state index is 5.69. The minimum atomic E-state index is 0.528. The zero-order chi connectivity index (χ0) is 11.4. The number of nitrogens with one attached hydrogen (secondary N) is 1. The smallest absolute Gasteiger partial charge is 0.0990 e. The van der Waals surface area contributed by atoms with E-state index in [2.05, 4.69) is 41.3 Å². The van der Waals surface area contributed by atoms with E-state index >= 15 is 0 Å². The Morgan fingerprint density at radius 3 is 3.29 bits per heavy atom. The summed E-state index contributed by atoms with van der Waals surface area (Å²) in [5.74, 6) is 0.528. The Labute approximate surface area is 100 Å². The Bertz CT molecular complexity index is 575. The lowest BCUT2D eigenvalue weighted by Gasteiger charge is -2.41. The molecule has 0 saturated carbocycles. The molecule has 1 aromatic carbocycles. The molecule has 0 amide bonds. The number of aromatic nitrogens is 1. The molecule has 0 spiro atoms. The average Bonchev–Trinajstić information content (AvgIpc) is 2.76. The van der Waals surface area contributed by atoms with Gasteiger partial charge in [0.15, 0.2) is 0 Å². The number of hydrogen-bond donors (Lipinski definition) is 1. The van der Waals surface area contributed by atoms with Crippen LogP contribution in [0, 0.1) is 0 Å². The van der Waals surface area contributed by atoms with Crippen molar-refractivity contribution in [1.29, 1.82) is 0 Å². The number of benzene rings is 1. The fourth-order valence-corrected chi connectivity index (χ4v) is 3.41. The Morgan fingerprint density at radius 1 is 1.41 bits per heavy atom. The van der Waals surface area contributed by atoms with Gasteiger partial charge in [-0.3, -0.25) is 4.90 Å². The number of nitrogens with zero attached hydrogens (tertiary/aromatic N) is 1. The van der Waals surface area contributed by atoms with Crippen molar-refractivity contribution in [3.8, 4) is 0 Å². The van der Waals surface area contributed by atoms with E-state index in [0.717, 1.165) is 19.8 Å². The van der Waals surface area contributed by atoms with Crippen molar-refractivity contribution in [2.24, 2.45) is 0 Å². The fraction of sp³-hybridized carbons (Fsp3) is 0.429. The Hall–Kier alpha value is -1.32. The molecule has 4 rings (SSSR count). The molecule has 3 nitrogen and oxygen atoms in total. The van der Waals surface area contributed by atoms with Crippen LogP contribution in [-0.4, -0.2) is 36.3 Å². The second-order valence-corrected chi connectivity index (χ2v) is 5.22. The molecule has 2 atom stereocenters. The van der Waals surface area contributed by atoms with Crippen LogP contribution in [0.1, 0.15) is 17.0 Å². The lowest BCUT2D eigenvalue weighted by Crippen LogP contribution is -2.47. The molecule has 17 heavy (non-hydrogen) atoms. The average molecular weight is 228 g/mol. The maximum Gasteiger partial charge on any atom is 0.0990 e. The van der Waals surface area contributed by atoms with E-state index in [4.69, 9.17) is 4.74 Å². The first-order valence-corrected chi connectivity index (χ1v) is 6.21. The number of ether oxygens (including phenoxy) is 1. The molecule has 0 bridgehead atoms. The topological polar surface area (TPSA) is 28.3 Å². The summed E-state index contributed by atoms with van der Waals surface area (Å²) in [6, 6.07) is 7.17. The van der Waals surface area contributed by atoms with Gasteiger partial charge in [-0.15, -0.1) is 0 Å². The van der Waals surface area contributed by atoms with Crippen molar-refractivity contribution in [3.05, 3.63) is 35.5 Å². The second-order valence-electron chi connectivity index (χ2n) is 5.22. The first-order chi connectivity index (χ1) is 8.34. The molecule has 2 unspecified atom stereocenters. The van der Waals surface area contributed by atoms with Gasteiger partial charge < -0.3 is 9.72 Å². The zero-order valence-corrected chi connectivity index (χ0v) is 9.94. The summed E-state index contributed by atoms with van der Waals surface area (Å²) in [4.78, 5) is 5.72. The highest BCUT2D eigenvalue weighted by molar-refractivity contribution is 5.88. The minimum Gasteiger partial charge on any atom is -0.365 e. The molecule has 1 aliphatic heterocycles. The van der Waals surface area contributed by atoms with Gasteiger partial charge in [-0.2, -0.15) is 0 Å². The molecule has 1 aliphatic carbocycles. The van der Waals surface area contributed by atoms with Crippen LogP contribution in [0.25, 0.3) is 10.9 Å². The third kappa shape index (κ3) is 1.24. The van der Waals surface area contributed by atoms with E-state index in [1.807, 2.05) is 0 Å². The monoisotopic (exact) mass is 228 g/mol. The molecule has 1 saturated heterocycles. The van der Waals surface area contributed by atoms with Crippen LogP contribution < -0.4 is 0 Å². The summed E-state index contributed by atoms with van der Waals surface area (Å²) >= 11 is 0. The van der Waals surface area contributed by atoms with Gasteiger partial charge in [0.05, 0.1) is 13.3 Å². The Morgan fingerprint density at radius 2 is 2.35 bits per heavy atom. The predicted molar refractivity (Wildman–Crippen MR) is 67.1 cm³/mol. The van der Waals surface area contributed by atoms with Crippen molar-refractivity contribution < 1.29 is 4.74 Å². The van der Waals surface area contributed by atoms with Crippen LogP contribution in [0.5, 0.6) is 0 Å². The molecular weight excluding hydrogens is 212 g/mol. The van der Waals surface area contributed by atoms with Gasteiger partial charge >= 0.3 is 0 Å². The molecule has 2 aliphatic rings. The lowest BCUT2D eigenvalue weighted by atomic mass is 9.79. The number of rotatable bonds is 0. The second kappa shape index (κ2) is 3.34. The van der Waals surface area contributed by atoms with Crippen LogP contribution in [-0.2, 0) is 11.2 Å². The van der Waals surface area contributed by atoms with Crippen molar-refractivity contribution in [2.45, 2.75) is 18.4 Å². The molecule has 1 aromatic heterocycles. The van der Waals surface area contributed by atoms with Crippen LogP contribution in [0.2, 0.25) is 0 Å². The Balaban J connectivity index is 1.95.